The van der Waals surface area contributed by atoms with Gasteiger partial charge in [0.2, 0.25) is 5.95 Å². The first kappa shape index (κ1) is 19.3. The summed E-state index contributed by atoms with van der Waals surface area (Å²) in [4.78, 5) is 20.4. The summed E-state index contributed by atoms with van der Waals surface area (Å²) in [5, 5.41) is 5.43. The minimum atomic E-state index is -4.48. The summed E-state index contributed by atoms with van der Waals surface area (Å²) in [6.45, 7) is 2.06. The van der Waals surface area contributed by atoms with Crippen LogP contribution in [0.15, 0.2) is 60.9 Å². The minimum Gasteiger partial charge on any atom is -0.324 e. The minimum absolute atomic E-state index is 0.0399. The van der Waals surface area contributed by atoms with E-state index in [9.17, 15) is 18.0 Å². The topological polar surface area (TPSA) is 66.9 Å². The Balaban J connectivity index is 1.66. The average Bonchev–Trinajstić information content (AvgIpc) is 2.69. The number of rotatable bonds is 5. The van der Waals surface area contributed by atoms with Gasteiger partial charge in [0.15, 0.2) is 0 Å². The summed E-state index contributed by atoms with van der Waals surface area (Å²) in [6, 6.07) is 12.2. The van der Waals surface area contributed by atoms with Crippen molar-refractivity contribution >= 4 is 23.2 Å². The molecule has 1 aromatic heterocycles. The number of halogens is 3. The fourth-order valence-corrected chi connectivity index (χ4v) is 2.44. The number of anilines is 3. The summed E-state index contributed by atoms with van der Waals surface area (Å²) in [5.41, 5.74) is 1.34. The van der Waals surface area contributed by atoms with Crippen LogP contribution in [-0.2, 0) is 12.6 Å². The lowest BCUT2D eigenvalue weighted by Gasteiger charge is -2.10. The molecule has 0 saturated carbocycles. The molecule has 0 atom stereocenters. The lowest BCUT2D eigenvalue weighted by Crippen LogP contribution is -2.14. The normalized spacial score (nSPS) is 11.1. The molecule has 5 nitrogen and oxygen atoms in total. The van der Waals surface area contributed by atoms with Gasteiger partial charge in [0.25, 0.3) is 5.91 Å². The van der Waals surface area contributed by atoms with E-state index in [4.69, 9.17) is 0 Å². The first-order chi connectivity index (χ1) is 13.3. The van der Waals surface area contributed by atoms with Crippen molar-refractivity contribution in [1.82, 2.24) is 9.97 Å². The van der Waals surface area contributed by atoms with Gasteiger partial charge in [-0.05, 0) is 42.3 Å². The molecule has 0 unspecified atom stereocenters. The number of aromatic nitrogens is 2. The Morgan fingerprint density at radius 1 is 1.00 bits per heavy atom. The molecule has 0 aliphatic carbocycles. The Kier molecular flexibility index (Phi) is 5.58. The van der Waals surface area contributed by atoms with Crippen molar-refractivity contribution in [2.24, 2.45) is 0 Å². The molecule has 144 valence electrons. The molecule has 28 heavy (non-hydrogen) atoms. The number of nitrogens with zero attached hydrogens (tertiary/aromatic N) is 2. The molecule has 2 aromatic carbocycles. The van der Waals surface area contributed by atoms with Gasteiger partial charge in [-0.2, -0.15) is 13.2 Å². The summed E-state index contributed by atoms with van der Waals surface area (Å²) in [7, 11) is 0. The summed E-state index contributed by atoms with van der Waals surface area (Å²) in [5.74, 6) is -0.293. The Bertz CT molecular complexity index is 954. The van der Waals surface area contributed by atoms with Crippen LogP contribution < -0.4 is 10.6 Å². The van der Waals surface area contributed by atoms with Crippen LogP contribution in [-0.4, -0.2) is 15.9 Å². The van der Waals surface area contributed by atoms with Crippen molar-refractivity contribution in [3.05, 3.63) is 77.6 Å². The van der Waals surface area contributed by atoms with Gasteiger partial charge in [-0.3, -0.25) is 4.79 Å². The molecule has 0 spiro atoms. The zero-order valence-electron chi connectivity index (χ0n) is 14.9. The standard InChI is InChI=1S/C20H17F3N4O/c1-2-13-6-8-16(9-7-13)27-19-24-11-14(12-25-19)18(28)26-17-5-3-4-15(10-17)20(21,22)23/h3-12H,2H2,1H3,(H,26,28)(H,24,25,27). The SMILES string of the molecule is CCc1ccc(Nc2ncc(C(=O)Nc3cccc(C(F)(F)F)c3)cn2)cc1. The van der Waals surface area contributed by atoms with E-state index in [0.29, 0.717) is 5.95 Å². The highest BCUT2D eigenvalue weighted by Crippen LogP contribution is 2.30. The van der Waals surface area contributed by atoms with Crippen LogP contribution in [0.5, 0.6) is 0 Å². The van der Waals surface area contributed by atoms with Crippen LogP contribution in [0.4, 0.5) is 30.5 Å². The fourth-order valence-electron chi connectivity index (χ4n) is 2.44. The lowest BCUT2D eigenvalue weighted by atomic mass is 10.1. The van der Waals surface area contributed by atoms with Crippen molar-refractivity contribution in [2.75, 3.05) is 10.6 Å². The van der Waals surface area contributed by atoms with E-state index in [0.717, 1.165) is 24.2 Å². The maximum atomic E-state index is 12.8. The Hall–Kier alpha value is -3.42. The highest BCUT2D eigenvalue weighted by Gasteiger charge is 2.30. The van der Waals surface area contributed by atoms with Gasteiger partial charge in [-0.25, -0.2) is 9.97 Å². The molecular formula is C20H17F3N4O. The summed E-state index contributed by atoms with van der Waals surface area (Å²) >= 11 is 0. The molecular weight excluding hydrogens is 369 g/mol. The predicted octanol–water partition coefficient (Wildman–Crippen LogP) is 5.05. The van der Waals surface area contributed by atoms with E-state index in [-0.39, 0.29) is 11.3 Å². The largest absolute Gasteiger partial charge is 0.416 e. The third-order valence-electron chi connectivity index (χ3n) is 3.98. The Labute approximate surface area is 159 Å². The van der Waals surface area contributed by atoms with Crippen LogP contribution in [0, 0.1) is 0 Å². The Morgan fingerprint density at radius 3 is 2.29 bits per heavy atom. The van der Waals surface area contributed by atoms with Crippen molar-refractivity contribution in [3.63, 3.8) is 0 Å². The van der Waals surface area contributed by atoms with Crippen molar-refractivity contribution in [1.29, 1.82) is 0 Å². The quantitative estimate of drug-likeness (QED) is 0.644. The monoisotopic (exact) mass is 386 g/mol. The van der Waals surface area contributed by atoms with Crippen molar-refractivity contribution in [2.45, 2.75) is 19.5 Å². The predicted molar refractivity (Wildman–Crippen MR) is 101 cm³/mol. The first-order valence-electron chi connectivity index (χ1n) is 8.52. The number of carbonyl (C=O) groups is 1. The molecule has 0 radical (unpaired) electrons. The molecule has 8 heteroatoms. The van der Waals surface area contributed by atoms with E-state index >= 15 is 0 Å². The molecule has 1 amide bonds. The number of hydrogen-bond donors (Lipinski definition) is 2. The molecule has 0 aliphatic rings. The number of carbonyl (C=O) groups excluding carboxylic acids is 1. The van der Waals surface area contributed by atoms with Crippen LogP contribution in [0.3, 0.4) is 0 Å². The van der Waals surface area contributed by atoms with Gasteiger partial charge in [0.05, 0.1) is 11.1 Å². The molecule has 0 saturated heterocycles. The smallest absolute Gasteiger partial charge is 0.324 e. The van der Waals surface area contributed by atoms with Gasteiger partial charge >= 0.3 is 6.18 Å². The van der Waals surface area contributed by atoms with Gasteiger partial charge in [0.1, 0.15) is 0 Å². The molecule has 1 heterocycles. The van der Waals surface area contributed by atoms with E-state index in [2.05, 4.69) is 27.5 Å². The fraction of sp³-hybridized carbons (Fsp3) is 0.150. The molecule has 0 aliphatic heterocycles. The zero-order chi connectivity index (χ0) is 20.1. The third kappa shape index (κ3) is 4.85. The van der Waals surface area contributed by atoms with E-state index in [1.54, 1.807) is 0 Å². The molecule has 3 aromatic rings. The van der Waals surface area contributed by atoms with Crippen molar-refractivity contribution in [3.8, 4) is 0 Å². The van der Waals surface area contributed by atoms with Gasteiger partial charge in [-0.1, -0.05) is 25.1 Å². The van der Waals surface area contributed by atoms with Crippen LogP contribution in [0.2, 0.25) is 0 Å². The van der Waals surface area contributed by atoms with Crippen LogP contribution in [0.25, 0.3) is 0 Å². The second kappa shape index (κ2) is 8.08. The van der Waals surface area contributed by atoms with E-state index < -0.39 is 17.6 Å². The van der Waals surface area contributed by atoms with Crippen LogP contribution >= 0.6 is 0 Å². The maximum Gasteiger partial charge on any atom is 0.416 e. The van der Waals surface area contributed by atoms with Gasteiger partial charge in [0, 0.05) is 23.8 Å². The average molecular weight is 386 g/mol. The number of amides is 1. The molecule has 2 N–H and O–H groups in total. The second-order valence-corrected chi connectivity index (χ2v) is 6.00. The number of nitrogens with one attached hydrogen (secondary N) is 2. The maximum absolute atomic E-state index is 12.8. The summed E-state index contributed by atoms with van der Waals surface area (Å²) in [6.07, 6.45) is -0.934. The van der Waals surface area contributed by atoms with Crippen LogP contribution in [0.1, 0.15) is 28.4 Å². The molecule has 0 bridgehead atoms. The van der Waals surface area contributed by atoms with E-state index in [1.165, 1.54) is 30.1 Å². The highest BCUT2D eigenvalue weighted by molar-refractivity contribution is 6.03. The van der Waals surface area contributed by atoms with Gasteiger partial charge < -0.3 is 10.6 Å². The zero-order valence-corrected chi connectivity index (χ0v) is 14.9. The van der Waals surface area contributed by atoms with Gasteiger partial charge in [-0.15, -0.1) is 0 Å². The second-order valence-electron chi connectivity index (χ2n) is 6.00. The molecule has 0 fully saturated rings. The number of aryl methyl sites for hydroxylation is 1. The third-order valence-corrected chi connectivity index (χ3v) is 3.98. The highest BCUT2D eigenvalue weighted by atomic mass is 19.4. The number of benzene rings is 2. The van der Waals surface area contributed by atoms with E-state index in [1.807, 2.05) is 24.3 Å². The lowest BCUT2D eigenvalue weighted by molar-refractivity contribution is -0.137. The first-order valence-corrected chi connectivity index (χ1v) is 8.52. The van der Waals surface area contributed by atoms with Crippen molar-refractivity contribution < 1.29 is 18.0 Å². The summed E-state index contributed by atoms with van der Waals surface area (Å²) < 4.78 is 38.3. The number of hydrogen-bond acceptors (Lipinski definition) is 4. The number of alkyl halides is 3. The molecule has 3 rings (SSSR count). The Morgan fingerprint density at radius 2 is 1.68 bits per heavy atom.